The molecule has 1 aliphatic rings. The van der Waals surface area contributed by atoms with Gasteiger partial charge in [-0.25, -0.2) is 0 Å². The molecular formula is C12H24N2O. The third kappa shape index (κ3) is 5.17. The van der Waals surface area contributed by atoms with Gasteiger partial charge in [-0.05, 0) is 19.4 Å². The fraction of sp³-hybridized carbons (Fsp3) is 0.917. The average Bonchev–Trinajstić information content (AvgIpc) is 2.14. The molecule has 0 aromatic carbocycles. The first-order chi connectivity index (χ1) is 7.34. The molecule has 1 atom stereocenters. The highest BCUT2D eigenvalue weighted by molar-refractivity contribution is 5.82. The molecule has 0 aliphatic carbocycles. The lowest BCUT2D eigenvalue weighted by Crippen LogP contribution is -2.53. The lowest BCUT2D eigenvalue weighted by molar-refractivity contribution is -0.124. The fourth-order valence-electron chi connectivity index (χ4n) is 1.75. The van der Waals surface area contributed by atoms with Crippen LogP contribution in [0.15, 0.2) is 0 Å². The van der Waals surface area contributed by atoms with Gasteiger partial charge in [-0.3, -0.25) is 4.79 Å². The molecule has 0 radical (unpaired) electrons. The maximum atomic E-state index is 11.4. The van der Waals surface area contributed by atoms with Crippen LogP contribution in [0.1, 0.15) is 51.9 Å². The van der Waals surface area contributed by atoms with E-state index in [1.807, 2.05) is 0 Å². The summed E-state index contributed by atoms with van der Waals surface area (Å²) in [5.41, 5.74) is 0. The predicted octanol–water partition coefficient (Wildman–Crippen LogP) is 1.82. The second-order valence-corrected chi connectivity index (χ2v) is 4.35. The zero-order valence-electron chi connectivity index (χ0n) is 9.85. The Morgan fingerprint density at radius 1 is 1.27 bits per heavy atom. The lowest BCUT2D eigenvalue weighted by atomic mass is 10.1. The topological polar surface area (TPSA) is 41.1 Å². The summed E-state index contributed by atoms with van der Waals surface area (Å²) < 4.78 is 0. The summed E-state index contributed by atoms with van der Waals surface area (Å²) in [7, 11) is 0. The van der Waals surface area contributed by atoms with Crippen molar-refractivity contribution in [2.24, 2.45) is 0 Å². The number of nitrogens with one attached hydrogen (secondary N) is 2. The SMILES string of the molecule is CCCCCCCCNC(=O)[C@@H]1CCN1. The Hall–Kier alpha value is -0.570. The fourth-order valence-corrected chi connectivity index (χ4v) is 1.75. The molecule has 1 aliphatic heterocycles. The first-order valence-corrected chi connectivity index (χ1v) is 6.35. The minimum Gasteiger partial charge on any atom is -0.355 e. The summed E-state index contributed by atoms with van der Waals surface area (Å²) >= 11 is 0. The van der Waals surface area contributed by atoms with Crippen molar-refractivity contribution in [2.45, 2.75) is 57.9 Å². The molecule has 0 aromatic rings. The smallest absolute Gasteiger partial charge is 0.237 e. The van der Waals surface area contributed by atoms with Crippen molar-refractivity contribution in [3.63, 3.8) is 0 Å². The van der Waals surface area contributed by atoms with Crippen molar-refractivity contribution in [3.05, 3.63) is 0 Å². The first kappa shape index (κ1) is 12.5. The van der Waals surface area contributed by atoms with E-state index in [0.717, 1.165) is 25.9 Å². The number of hydrogen-bond acceptors (Lipinski definition) is 2. The standard InChI is InChI=1S/C12H24N2O/c1-2-3-4-5-6-7-9-14-12(15)11-8-10-13-11/h11,13H,2-10H2,1H3,(H,14,15)/t11-/m0/s1. The molecule has 0 unspecified atom stereocenters. The monoisotopic (exact) mass is 212 g/mol. The molecule has 3 heteroatoms. The maximum Gasteiger partial charge on any atom is 0.237 e. The quantitative estimate of drug-likeness (QED) is 0.603. The number of rotatable bonds is 8. The summed E-state index contributed by atoms with van der Waals surface area (Å²) in [6.07, 6.45) is 8.67. The van der Waals surface area contributed by atoms with Gasteiger partial charge in [0, 0.05) is 6.54 Å². The molecule has 2 N–H and O–H groups in total. The van der Waals surface area contributed by atoms with Gasteiger partial charge in [-0.1, -0.05) is 39.0 Å². The Morgan fingerprint density at radius 3 is 2.53 bits per heavy atom. The molecule has 1 heterocycles. The summed E-state index contributed by atoms with van der Waals surface area (Å²) in [5, 5.41) is 6.08. The van der Waals surface area contributed by atoms with E-state index < -0.39 is 0 Å². The van der Waals surface area contributed by atoms with Crippen LogP contribution in [0.4, 0.5) is 0 Å². The molecule has 3 nitrogen and oxygen atoms in total. The molecule has 1 fully saturated rings. The summed E-state index contributed by atoms with van der Waals surface area (Å²) in [6, 6.07) is 0.102. The van der Waals surface area contributed by atoms with Crippen LogP contribution in [-0.2, 0) is 4.79 Å². The van der Waals surface area contributed by atoms with E-state index in [1.54, 1.807) is 0 Å². The van der Waals surface area contributed by atoms with E-state index in [-0.39, 0.29) is 11.9 Å². The largest absolute Gasteiger partial charge is 0.355 e. The molecule has 15 heavy (non-hydrogen) atoms. The highest BCUT2D eigenvalue weighted by Gasteiger charge is 2.23. The predicted molar refractivity (Wildman–Crippen MR) is 62.8 cm³/mol. The zero-order valence-corrected chi connectivity index (χ0v) is 9.85. The Balaban J connectivity index is 1.81. The Kier molecular flexibility index (Phi) is 6.41. The van der Waals surface area contributed by atoms with Crippen LogP contribution in [0.5, 0.6) is 0 Å². The van der Waals surface area contributed by atoms with Crippen LogP contribution >= 0.6 is 0 Å². The summed E-state index contributed by atoms with van der Waals surface area (Å²) in [4.78, 5) is 11.4. The average molecular weight is 212 g/mol. The van der Waals surface area contributed by atoms with E-state index in [2.05, 4.69) is 17.6 Å². The van der Waals surface area contributed by atoms with Crippen molar-refractivity contribution in [1.29, 1.82) is 0 Å². The van der Waals surface area contributed by atoms with Crippen LogP contribution in [0, 0.1) is 0 Å². The molecule has 0 bridgehead atoms. The molecule has 1 amide bonds. The van der Waals surface area contributed by atoms with Gasteiger partial charge in [0.25, 0.3) is 0 Å². The van der Waals surface area contributed by atoms with Gasteiger partial charge >= 0.3 is 0 Å². The van der Waals surface area contributed by atoms with Crippen LogP contribution < -0.4 is 10.6 Å². The van der Waals surface area contributed by atoms with E-state index in [0.29, 0.717) is 0 Å². The molecular weight excluding hydrogens is 188 g/mol. The number of hydrogen-bond donors (Lipinski definition) is 2. The van der Waals surface area contributed by atoms with Crippen LogP contribution in [0.2, 0.25) is 0 Å². The number of amides is 1. The maximum absolute atomic E-state index is 11.4. The second-order valence-electron chi connectivity index (χ2n) is 4.35. The Bertz CT molecular complexity index is 178. The lowest BCUT2D eigenvalue weighted by Gasteiger charge is -2.26. The number of carbonyl (C=O) groups excluding carboxylic acids is 1. The third-order valence-corrected chi connectivity index (χ3v) is 2.97. The minimum absolute atomic E-state index is 0.102. The highest BCUT2D eigenvalue weighted by Crippen LogP contribution is 2.05. The van der Waals surface area contributed by atoms with Crippen LogP contribution in [-0.4, -0.2) is 25.0 Å². The van der Waals surface area contributed by atoms with Crippen molar-refractivity contribution in [2.75, 3.05) is 13.1 Å². The molecule has 1 rings (SSSR count). The minimum atomic E-state index is 0.102. The third-order valence-electron chi connectivity index (χ3n) is 2.97. The molecule has 88 valence electrons. The van der Waals surface area contributed by atoms with E-state index in [4.69, 9.17) is 0 Å². The molecule has 1 saturated heterocycles. The van der Waals surface area contributed by atoms with E-state index in [9.17, 15) is 4.79 Å². The summed E-state index contributed by atoms with van der Waals surface area (Å²) in [5.74, 6) is 0.190. The van der Waals surface area contributed by atoms with Gasteiger partial charge in [0.2, 0.25) is 5.91 Å². The summed E-state index contributed by atoms with van der Waals surface area (Å²) in [6.45, 7) is 4.07. The van der Waals surface area contributed by atoms with Gasteiger partial charge in [0.15, 0.2) is 0 Å². The second kappa shape index (κ2) is 7.69. The van der Waals surface area contributed by atoms with Crippen molar-refractivity contribution >= 4 is 5.91 Å². The highest BCUT2D eigenvalue weighted by atomic mass is 16.2. The van der Waals surface area contributed by atoms with E-state index in [1.165, 1.54) is 32.1 Å². The molecule has 0 spiro atoms. The van der Waals surface area contributed by atoms with Crippen LogP contribution in [0.3, 0.4) is 0 Å². The van der Waals surface area contributed by atoms with Gasteiger partial charge in [0.05, 0.1) is 6.04 Å². The number of unbranched alkanes of at least 4 members (excludes halogenated alkanes) is 5. The van der Waals surface area contributed by atoms with Gasteiger partial charge in [-0.15, -0.1) is 0 Å². The van der Waals surface area contributed by atoms with Crippen LogP contribution in [0.25, 0.3) is 0 Å². The van der Waals surface area contributed by atoms with Gasteiger partial charge in [0.1, 0.15) is 0 Å². The van der Waals surface area contributed by atoms with E-state index >= 15 is 0 Å². The van der Waals surface area contributed by atoms with Crippen molar-refractivity contribution in [1.82, 2.24) is 10.6 Å². The van der Waals surface area contributed by atoms with Gasteiger partial charge < -0.3 is 10.6 Å². The molecule has 0 aromatic heterocycles. The Morgan fingerprint density at radius 2 is 1.93 bits per heavy atom. The molecule has 0 saturated carbocycles. The van der Waals surface area contributed by atoms with Crippen molar-refractivity contribution in [3.8, 4) is 0 Å². The normalized spacial score (nSPS) is 19.7. The number of carbonyl (C=O) groups is 1. The zero-order chi connectivity index (χ0) is 10.9. The first-order valence-electron chi connectivity index (χ1n) is 6.35. The van der Waals surface area contributed by atoms with Gasteiger partial charge in [-0.2, -0.15) is 0 Å². The van der Waals surface area contributed by atoms with Crippen molar-refractivity contribution < 1.29 is 4.79 Å². The Labute approximate surface area is 93.0 Å².